The normalized spacial score (nSPS) is 10.1. The molecule has 6 heteroatoms. The summed E-state index contributed by atoms with van der Waals surface area (Å²) in [5.41, 5.74) is 1.33. The first-order valence-corrected chi connectivity index (χ1v) is 9.63. The van der Waals surface area contributed by atoms with Crippen LogP contribution in [0.2, 0.25) is 0 Å². The third-order valence-electron chi connectivity index (χ3n) is 4.19. The van der Waals surface area contributed by atoms with Crippen LogP contribution in [-0.2, 0) is 17.9 Å². The topological polar surface area (TPSA) is 62.6 Å². The standard InChI is InChI=1S/C22H20N2O3S/c1-26-20-10-4-3-8-18(20)14-24(15-19-9-6-12-28-19)22(25)16-27-21-11-5-2-7-17(21)13-23/h2-12H,14-16H2,1H3. The molecule has 1 heterocycles. The van der Waals surface area contributed by atoms with Gasteiger partial charge in [-0.05, 0) is 29.6 Å². The lowest BCUT2D eigenvalue weighted by atomic mass is 10.2. The predicted octanol–water partition coefficient (Wildman–Crippen LogP) is 4.24. The van der Waals surface area contributed by atoms with E-state index < -0.39 is 0 Å². The fraction of sp³-hybridized carbons (Fsp3) is 0.182. The molecule has 0 spiro atoms. The maximum absolute atomic E-state index is 12.9. The maximum atomic E-state index is 12.9. The van der Waals surface area contributed by atoms with E-state index in [1.54, 1.807) is 47.6 Å². The van der Waals surface area contributed by atoms with Gasteiger partial charge >= 0.3 is 0 Å². The van der Waals surface area contributed by atoms with Crippen LogP contribution in [0.3, 0.4) is 0 Å². The highest BCUT2D eigenvalue weighted by atomic mass is 32.1. The van der Waals surface area contributed by atoms with Gasteiger partial charge < -0.3 is 14.4 Å². The SMILES string of the molecule is COc1ccccc1CN(Cc1cccs1)C(=O)COc1ccccc1C#N. The molecular weight excluding hydrogens is 372 g/mol. The van der Waals surface area contributed by atoms with Crippen molar-refractivity contribution in [2.75, 3.05) is 13.7 Å². The van der Waals surface area contributed by atoms with Crippen LogP contribution >= 0.6 is 11.3 Å². The summed E-state index contributed by atoms with van der Waals surface area (Å²) in [7, 11) is 1.62. The maximum Gasteiger partial charge on any atom is 0.261 e. The van der Waals surface area contributed by atoms with Crippen molar-refractivity contribution in [1.29, 1.82) is 5.26 Å². The Morgan fingerprint density at radius 3 is 2.50 bits per heavy atom. The number of benzene rings is 2. The molecule has 0 radical (unpaired) electrons. The van der Waals surface area contributed by atoms with E-state index in [0.29, 0.717) is 24.4 Å². The molecule has 0 aliphatic carbocycles. The average Bonchev–Trinajstić information content (AvgIpc) is 3.25. The Hall–Kier alpha value is -3.30. The minimum absolute atomic E-state index is 0.140. The molecule has 0 aliphatic heterocycles. The van der Waals surface area contributed by atoms with Crippen LogP contribution in [-0.4, -0.2) is 24.5 Å². The van der Waals surface area contributed by atoms with Crippen LogP contribution in [0, 0.1) is 11.3 Å². The monoisotopic (exact) mass is 392 g/mol. The van der Waals surface area contributed by atoms with E-state index >= 15 is 0 Å². The minimum atomic E-state index is -0.160. The number of hydrogen-bond donors (Lipinski definition) is 0. The van der Waals surface area contributed by atoms with Crippen LogP contribution in [0.5, 0.6) is 11.5 Å². The molecule has 3 rings (SSSR count). The molecule has 5 nitrogen and oxygen atoms in total. The van der Waals surface area contributed by atoms with E-state index in [1.807, 2.05) is 41.8 Å². The van der Waals surface area contributed by atoms with Crippen molar-refractivity contribution >= 4 is 17.2 Å². The van der Waals surface area contributed by atoms with Crippen molar-refractivity contribution in [3.05, 3.63) is 82.0 Å². The van der Waals surface area contributed by atoms with Crippen LogP contribution in [0.1, 0.15) is 16.0 Å². The van der Waals surface area contributed by atoms with Gasteiger partial charge in [-0.2, -0.15) is 5.26 Å². The van der Waals surface area contributed by atoms with E-state index in [0.717, 1.165) is 16.2 Å². The largest absolute Gasteiger partial charge is 0.496 e. The van der Waals surface area contributed by atoms with Crippen molar-refractivity contribution in [3.8, 4) is 17.6 Å². The molecular formula is C22H20N2O3S. The highest BCUT2D eigenvalue weighted by molar-refractivity contribution is 7.09. The van der Waals surface area contributed by atoms with Crippen LogP contribution in [0.4, 0.5) is 0 Å². The van der Waals surface area contributed by atoms with Gasteiger partial charge in [0.25, 0.3) is 5.91 Å². The molecule has 0 fully saturated rings. The number of para-hydroxylation sites is 2. The highest BCUT2D eigenvalue weighted by Crippen LogP contribution is 2.22. The summed E-state index contributed by atoms with van der Waals surface area (Å²) in [6.45, 7) is 0.751. The number of carbonyl (C=O) groups is 1. The molecule has 1 aromatic heterocycles. The van der Waals surface area contributed by atoms with Crippen LogP contribution < -0.4 is 9.47 Å². The number of ether oxygens (including phenoxy) is 2. The van der Waals surface area contributed by atoms with E-state index in [9.17, 15) is 10.1 Å². The Balaban J connectivity index is 1.76. The summed E-state index contributed by atoms with van der Waals surface area (Å²) in [6.07, 6.45) is 0. The summed E-state index contributed by atoms with van der Waals surface area (Å²) in [6, 6.07) is 20.6. The first kappa shape index (κ1) is 19.5. The summed E-state index contributed by atoms with van der Waals surface area (Å²) < 4.78 is 11.1. The lowest BCUT2D eigenvalue weighted by Crippen LogP contribution is -2.34. The van der Waals surface area contributed by atoms with Gasteiger partial charge in [0.2, 0.25) is 0 Å². The number of thiophene rings is 1. The third-order valence-corrected chi connectivity index (χ3v) is 5.05. The number of nitrogens with zero attached hydrogens (tertiary/aromatic N) is 2. The predicted molar refractivity (Wildman–Crippen MR) is 108 cm³/mol. The molecule has 1 amide bonds. The Kier molecular flexibility index (Phi) is 6.66. The number of nitriles is 1. The van der Waals surface area contributed by atoms with Crippen LogP contribution in [0.25, 0.3) is 0 Å². The van der Waals surface area contributed by atoms with E-state index in [1.165, 1.54) is 0 Å². The number of methoxy groups -OCH3 is 1. The van der Waals surface area contributed by atoms with Gasteiger partial charge in [0.05, 0.1) is 19.2 Å². The zero-order valence-electron chi connectivity index (χ0n) is 15.5. The lowest BCUT2D eigenvalue weighted by molar-refractivity contribution is -0.134. The Bertz CT molecular complexity index is 964. The van der Waals surface area contributed by atoms with Crippen LogP contribution in [0.15, 0.2) is 66.0 Å². The lowest BCUT2D eigenvalue weighted by Gasteiger charge is -2.23. The minimum Gasteiger partial charge on any atom is -0.496 e. The second-order valence-electron chi connectivity index (χ2n) is 6.04. The van der Waals surface area contributed by atoms with Crippen molar-refractivity contribution in [2.24, 2.45) is 0 Å². The van der Waals surface area contributed by atoms with E-state index in [4.69, 9.17) is 9.47 Å². The van der Waals surface area contributed by atoms with Crippen molar-refractivity contribution in [1.82, 2.24) is 4.90 Å². The average molecular weight is 392 g/mol. The Morgan fingerprint density at radius 2 is 1.79 bits per heavy atom. The Labute approximate surface area is 168 Å². The summed E-state index contributed by atoms with van der Waals surface area (Å²) >= 11 is 1.60. The third kappa shape index (κ3) is 4.90. The first-order valence-electron chi connectivity index (χ1n) is 8.75. The zero-order chi connectivity index (χ0) is 19.8. The summed E-state index contributed by atoms with van der Waals surface area (Å²) in [4.78, 5) is 15.7. The molecule has 0 N–H and O–H groups in total. The first-order chi connectivity index (χ1) is 13.7. The summed E-state index contributed by atoms with van der Waals surface area (Å²) in [5, 5.41) is 11.2. The molecule has 0 saturated heterocycles. The smallest absolute Gasteiger partial charge is 0.261 e. The van der Waals surface area contributed by atoms with Gasteiger partial charge in [-0.15, -0.1) is 11.3 Å². The second-order valence-corrected chi connectivity index (χ2v) is 7.07. The molecule has 0 aliphatic rings. The fourth-order valence-corrected chi connectivity index (χ4v) is 3.50. The van der Waals surface area contributed by atoms with Gasteiger partial charge in [0, 0.05) is 17.0 Å². The zero-order valence-corrected chi connectivity index (χ0v) is 16.3. The molecule has 142 valence electrons. The van der Waals surface area contributed by atoms with Crippen molar-refractivity contribution in [3.63, 3.8) is 0 Å². The second kappa shape index (κ2) is 9.58. The quantitative estimate of drug-likeness (QED) is 0.575. The van der Waals surface area contributed by atoms with E-state index in [-0.39, 0.29) is 12.5 Å². The van der Waals surface area contributed by atoms with Gasteiger partial charge in [-0.3, -0.25) is 4.79 Å². The van der Waals surface area contributed by atoms with Gasteiger partial charge in [-0.1, -0.05) is 36.4 Å². The highest BCUT2D eigenvalue weighted by Gasteiger charge is 2.18. The molecule has 2 aromatic carbocycles. The van der Waals surface area contributed by atoms with Gasteiger partial charge in [0.15, 0.2) is 6.61 Å². The molecule has 28 heavy (non-hydrogen) atoms. The number of carbonyl (C=O) groups excluding carboxylic acids is 1. The molecule has 0 unspecified atom stereocenters. The number of amides is 1. The molecule has 3 aromatic rings. The molecule has 0 saturated carbocycles. The Morgan fingerprint density at radius 1 is 1.04 bits per heavy atom. The number of rotatable bonds is 8. The number of hydrogen-bond acceptors (Lipinski definition) is 5. The van der Waals surface area contributed by atoms with E-state index in [2.05, 4.69) is 6.07 Å². The molecule has 0 bridgehead atoms. The van der Waals surface area contributed by atoms with Gasteiger partial charge in [0.1, 0.15) is 17.6 Å². The molecule has 0 atom stereocenters. The van der Waals surface area contributed by atoms with Gasteiger partial charge in [-0.25, -0.2) is 0 Å². The summed E-state index contributed by atoms with van der Waals surface area (Å²) in [5.74, 6) is 0.987. The fourth-order valence-electron chi connectivity index (χ4n) is 2.78. The van der Waals surface area contributed by atoms with Crippen molar-refractivity contribution in [2.45, 2.75) is 13.1 Å². The van der Waals surface area contributed by atoms with Crippen molar-refractivity contribution < 1.29 is 14.3 Å².